The van der Waals surface area contributed by atoms with Crippen molar-refractivity contribution in [1.29, 1.82) is 0 Å². The van der Waals surface area contributed by atoms with E-state index in [4.69, 9.17) is 33.5 Å². The predicted octanol–water partition coefficient (Wildman–Crippen LogP) is 17.2. The maximum Gasteiger partial charge on any atom is 0.107 e. The molecule has 0 bridgehead atoms. The lowest BCUT2D eigenvalue weighted by Gasteiger charge is -2.28. The van der Waals surface area contributed by atoms with E-state index < -0.39 is 0 Å². The molecule has 394 valence electrons. The van der Waals surface area contributed by atoms with Crippen molar-refractivity contribution in [3.8, 4) is 0 Å². The van der Waals surface area contributed by atoms with Gasteiger partial charge in [0.1, 0.15) is 6.10 Å². The number of ether oxygens (including phenoxy) is 6. The van der Waals surface area contributed by atoms with Crippen LogP contribution in [0.1, 0.15) is 271 Å². The van der Waals surface area contributed by atoms with Gasteiger partial charge < -0.3 is 33.5 Å². The summed E-state index contributed by atoms with van der Waals surface area (Å²) in [5.74, 6) is 0. The Balaban J connectivity index is 4.83. The van der Waals surface area contributed by atoms with E-state index in [0.29, 0.717) is 52.9 Å². The van der Waals surface area contributed by atoms with Crippen LogP contribution in [0.2, 0.25) is 0 Å². The van der Waals surface area contributed by atoms with Gasteiger partial charge in [-0.15, -0.1) is 0 Å². The van der Waals surface area contributed by atoms with Gasteiger partial charge in [0.15, 0.2) is 0 Å². The summed E-state index contributed by atoms with van der Waals surface area (Å²) in [6.45, 7) is 12.6. The smallest absolute Gasteiger partial charge is 0.107 e. The standard InChI is InChI=1S/C59H116O7/c1-4-7-10-13-16-19-22-24-26-28-30-32-35-38-41-44-48-64-57-59(65-49-45-42-39-36-33-31-29-27-25-23-20-17-14-11-8-5-2)58(46-43-40-37-34-21-18-15-12-9-6-3)66-56-55-63-54-53-62-52-51-61-50-47-60/h24-27,58-60H,4-23,28-57H2,1-3H3/b26-24-,27-25-. The quantitative estimate of drug-likeness (QED) is 0.0481. The van der Waals surface area contributed by atoms with Crippen molar-refractivity contribution in [2.75, 3.05) is 72.7 Å². The zero-order valence-electron chi connectivity index (χ0n) is 44.7. The molecule has 2 atom stereocenters. The molecule has 0 heterocycles. The van der Waals surface area contributed by atoms with E-state index in [1.165, 1.54) is 225 Å². The monoisotopic (exact) mass is 937 g/mol. The molecule has 0 saturated carbocycles. The van der Waals surface area contributed by atoms with Gasteiger partial charge in [-0.25, -0.2) is 0 Å². The predicted molar refractivity (Wildman–Crippen MR) is 285 cm³/mol. The molecule has 0 saturated heterocycles. The van der Waals surface area contributed by atoms with Crippen molar-refractivity contribution in [3.05, 3.63) is 24.3 Å². The summed E-state index contributed by atoms with van der Waals surface area (Å²) < 4.78 is 36.5. The maximum absolute atomic E-state index is 8.86. The molecular formula is C59H116O7. The molecule has 7 heteroatoms. The number of aliphatic hydroxyl groups is 1. The van der Waals surface area contributed by atoms with Gasteiger partial charge in [-0.05, 0) is 70.6 Å². The third kappa shape index (κ3) is 54.1. The molecule has 0 rings (SSSR count). The van der Waals surface area contributed by atoms with Crippen molar-refractivity contribution in [3.63, 3.8) is 0 Å². The van der Waals surface area contributed by atoms with Crippen molar-refractivity contribution in [1.82, 2.24) is 0 Å². The molecule has 0 aliphatic heterocycles. The molecule has 0 amide bonds. The van der Waals surface area contributed by atoms with Crippen LogP contribution in [0.5, 0.6) is 0 Å². The molecular weight excluding hydrogens is 821 g/mol. The van der Waals surface area contributed by atoms with Gasteiger partial charge in [0, 0.05) is 13.2 Å². The number of hydrogen-bond acceptors (Lipinski definition) is 7. The first-order valence-corrected chi connectivity index (χ1v) is 29.2. The normalized spacial score (nSPS) is 13.0. The third-order valence-corrected chi connectivity index (χ3v) is 12.9. The van der Waals surface area contributed by atoms with E-state index in [2.05, 4.69) is 45.1 Å². The Morgan fingerprint density at radius 2 is 0.606 bits per heavy atom. The first-order valence-electron chi connectivity index (χ1n) is 29.2. The summed E-state index contributed by atoms with van der Waals surface area (Å²) in [5, 5.41) is 8.86. The highest BCUT2D eigenvalue weighted by Crippen LogP contribution is 2.19. The van der Waals surface area contributed by atoms with Crippen molar-refractivity contribution < 1.29 is 33.5 Å². The second kappa shape index (κ2) is 60.3. The SMILES string of the molecule is CCCCCCCC/C=C\CCCCCCCCOCC(OCCCCCCCC/C=C\CCCCCCCC)C(CCCCCCCCCCCC)OCCOCCOCCOCCO. The Kier molecular flexibility index (Phi) is 59.6. The van der Waals surface area contributed by atoms with Crippen LogP contribution in [0.4, 0.5) is 0 Å². The highest BCUT2D eigenvalue weighted by atomic mass is 16.6. The molecule has 2 unspecified atom stereocenters. The van der Waals surface area contributed by atoms with Crippen LogP contribution in [0, 0.1) is 0 Å². The summed E-state index contributed by atoms with van der Waals surface area (Å²) in [4.78, 5) is 0. The van der Waals surface area contributed by atoms with Crippen LogP contribution >= 0.6 is 0 Å². The summed E-state index contributed by atoms with van der Waals surface area (Å²) in [6, 6.07) is 0. The fourth-order valence-electron chi connectivity index (χ4n) is 8.57. The van der Waals surface area contributed by atoms with Gasteiger partial charge in [-0.2, -0.15) is 0 Å². The van der Waals surface area contributed by atoms with Crippen LogP contribution in [0.15, 0.2) is 24.3 Å². The number of aliphatic hydroxyl groups excluding tert-OH is 1. The fraction of sp³-hybridized carbons (Fsp3) is 0.932. The molecule has 0 spiro atoms. The van der Waals surface area contributed by atoms with Gasteiger partial charge >= 0.3 is 0 Å². The molecule has 0 radical (unpaired) electrons. The van der Waals surface area contributed by atoms with E-state index in [9.17, 15) is 0 Å². The molecule has 0 aromatic heterocycles. The van der Waals surface area contributed by atoms with Gasteiger partial charge in [0.2, 0.25) is 0 Å². The van der Waals surface area contributed by atoms with Crippen LogP contribution in [0.3, 0.4) is 0 Å². The fourth-order valence-corrected chi connectivity index (χ4v) is 8.57. The molecule has 0 aromatic rings. The van der Waals surface area contributed by atoms with Crippen molar-refractivity contribution in [2.45, 2.75) is 283 Å². The average Bonchev–Trinajstić information content (AvgIpc) is 3.33. The second-order valence-corrected chi connectivity index (χ2v) is 19.3. The van der Waals surface area contributed by atoms with E-state index in [-0.39, 0.29) is 18.8 Å². The van der Waals surface area contributed by atoms with Crippen LogP contribution < -0.4 is 0 Å². The van der Waals surface area contributed by atoms with E-state index in [1.807, 2.05) is 0 Å². The Bertz CT molecular complexity index is 913. The van der Waals surface area contributed by atoms with Crippen LogP contribution in [-0.4, -0.2) is 90.0 Å². The highest BCUT2D eigenvalue weighted by molar-refractivity contribution is 4.82. The average molecular weight is 938 g/mol. The Morgan fingerprint density at radius 3 is 1.02 bits per heavy atom. The highest BCUT2D eigenvalue weighted by Gasteiger charge is 2.23. The topological polar surface area (TPSA) is 75.6 Å². The first-order chi connectivity index (χ1) is 32.8. The zero-order chi connectivity index (χ0) is 47.6. The van der Waals surface area contributed by atoms with Gasteiger partial charge in [-0.3, -0.25) is 0 Å². The zero-order valence-corrected chi connectivity index (χ0v) is 44.7. The third-order valence-electron chi connectivity index (χ3n) is 12.9. The lowest BCUT2D eigenvalue weighted by molar-refractivity contribution is -0.116. The lowest BCUT2D eigenvalue weighted by atomic mass is 10.0. The van der Waals surface area contributed by atoms with Crippen LogP contribution in [-0.2, 0) is 28.4 Å². The van der Waals surface area contributed by atoms with Gasteiger partial charge in [0.25, 0.3) is 0 Å². The molecule has 66 heavy (non-hydrogen) atoms. The van der Waals surface area contributed by atoms with Gasteiger partial charge in [0.05, 0.1) is 65.6 Å². The number of unbranched alkanes of at least 4 members (excludes halogenated alkanes) is 33. The molecule has 1 N–H and O–H groups in total. The Labute approximate surface area is 412 Å². The molecule has 0 fully saturated rings. The number of hydrogen-bond donors (Lipinski definition) is 1. The van der Waals surface area contributed by atoms with E-state index in [1.54, 1.807) is 0 Å². The molecule has 0 aromatic carbocycles. The first kappa shape index (κ1) is 65.2. The minimum Gasteiger partial charge on any atom is -0.394 e. The van der Waals surface area contributed by atoms with Crippen molar-refractivity contribution in [2.24, 2.45) is 0 Å². The van der Waals surface area contributed by atoms with Crippen LogP contribution in [0.25, 0.3) is 0 Å². The Morgan fingerprint density at radius 1 is 0.288 bits per heavy atom. The van der Waals surface area contributed by atoms with Gasteiger partial charge in [-0.1, -0.05) is 225 Å². The molecule has 0 aliphatic carbocycles. The minimum absolute atomic E-state index is 0.0107. The largest absolute Gasteiger partial charge is 0.394 e. The summed E-state index contributed by atoms with van der Waals surface area (Å²) in [6.07, 6.45) is 60.8. The number of allylic oxidation sites excluding steroid dienone is 4. The lowest BCUT2D eigenvalue weighted by Crippen LogP contribution is -2.37. The minimum atomic E-state index is -0.0527. The Hall–Kier alpha value is -0.800. The molecule has 0 aliphatic rings. The maximum atomic E-state index is 8.86. The summed E-state index contributed by atoms with van der Waals surface area (Å²) in [5.41, 5.74) is 0. The summed E-state index contributed by atoms with van der Waals surface area (Å²) >= 11 is 0. The number of rotatable bonds is 59. The molecule has 7 nitrogen and oxygen atoms in total. The van der Waals surface area contributed by atoms with E-state index in [0.717, 1.165) is 38.9 Å². The van der Waals surface area contributed by atoms with E-state index >= 15 is 0 Å². The van der Waals surface area contributed by atoms with Crippen molar-refractivity contribution >= 4 is 0 Å². The second-order valence-electron chi connectivity index (χ2n) is 19.3. The summed E-state index contributed by atoms with van der Waals surface area (Å²) in [7, 11) is 0.